The Kier molecular flexibility index (Phi) is 4.59. The van der Waals surface area contributed by atoms with Crippen molar-refractivity contribution >= 4 is 44.5 Å². The van der Waals surface area contributed by atoms with Crippen LogP contribution in [0.1, 0.15) is 12.7 Å². The summed E-state index contributed by atoms with van der Waals surface area (Å²) in [5.74, 6) is 2.20. The molecule has 10 heteroatoms. The molecule has 5 rings (SSSR count). The lowest BCUT2D eigenvalue weighted by Gasteiger charge is -2.37. The molecule has 1 aliphatic heterocycles. The van der Waals surface area contributed by atoms with Crippen LogP contribution in [0.3, 0.4) is 0 Å². The summed E-state index contributed by atoms with van der Waals surface area (Å²) in [4.78, 5) is 22.1. The number of H-pyrrole nitrogens is 1. The van der Waals surface area contributed by atoms with Gasteiger partial charge in [0.05, 0.1) is 28.2 Å². The molecule has 3 aromatic heterocycles. The highest BCUT2D eigenvalue weighted by atomic mass is 79.9. The third-order valence-electron chi connectivity index (χ3n) is 5.41. The first-order valence-corrected chi connectivity index (χ1v) is 10.4. The van der Waals surface area contributed by atoms with Gasteiger partial charge in [0.2, 0.25) is 11.9 Å². The lowest BCUT2D eigenvalue weighted by molar-refractivity contribution is 0.233. The number of aromatic nitrogens is 6. The first-order chi connectivity index (χ1) is 14.1. The maximum atomic E-state index is 4.79. The van der Waals surface area contributed by atoms with Gasteiger partial charge >= 0.3 is 0 Å². The molecular weight excluding hydrogens is 434 g/mol. The van der Waals surface area contributed by atoms with Gasteiger partial charge in [0, 0.05) is 25.7 Å². The molecule has 0 saturated carbocycles. The van der Waals surface area contributed by atoms with Crippen LogP contribution in [0.4, 0.5) is 11.9 Å². The number of aromatic amines is 1. The van der Waals surface area contributed by atoms with Crippen molar-refractivity contribution < 1.29 is 0 Å². The number of para-hydroxylation sites is 2. The second-order valence-corrected chi connectivity index (χ2v) is 8.26. The minimum Gasteiger partial charge on any atom is -0.347 e. The van der Waals surface area contributed by atoms with E-state index in [0.29, 0.717) is 24.5 Å². The molecule has 2 N–H and O–H groups in total. The van der Waals surface area contributed by atoms with Crippen LogP contribution in [-0.4, -0.2) is 67.2 Å². The number of nitrogens with zero attached hydrogens (tertiary/aromatic N) is 7. The number of halogens is 1. The van der Waals surface area contributed by atoms with Gasteiger partial charge in [-0.1, -0.05) is 12.1 Å². The van der Waals surface area contributed by atoms with Crippen LogP contribution in [0.2, 0.25) is 0 Å². The lowest BCUT2D eigenvalue weighted by atomic mass is 10.2. The van der Waals surface area contributed by atoms with Gasteiger partial charge in [-0.05, 0) is 42.0 Å². The summed E-state index contributed by atoms with van der Waals surface area (Å²) < 4.78 is 2.56. The summed E-state index contributed by atoms with van der Waals surface area (Å²) >= 11 is 3.55. The predicted octanol–water partition coefficient (Wildman–Crippen LogP) is 2.52. The summed E-state index contributed by atoms with van der Waals surface area (Å²) in [6, 6.07) is 8.44. The minimum absolute atomic E-state index is 0.448. The van der Waals surface area contributed by atoms with E-state index in [1.807, 2.05) is 24.3 Å². The van der Waals surface area contributed by atoms with Gasteiger partial charge in [-0.25, -0.2) is 4.98 Å². The number of imidazole rings is 1. The Balaban J connectivity index is 1.45. The molecule has 0 spiro atoms. The number of hydrogen-bond acceptors (Lipinski definition) is 7. The van der Waals surface area contributed by atoms with Crippen LogP contribution < -0.4 is 10.2 Å². The largest absolute Gasteiger partial charge is 0.347 e. The second kappa shape index (κ2) is 7.27. The van der Waals surface area contributed by atoms with Crippen molar-refractivity contribution in [2.45, 2.75) is 19.5 Å². The standard InChI is InChI=1S/C19H22BrN9/c1-12-11-28(8-7-27(12)2)19-25-17-13(20)9-22-29(17)18(26-19)21-10-16-23-14-5-3-4-6-15(14)24-16/h3-6,9,12H,7-8,10-11H2,1-2H3,(H,23,24)(H,21,25,26)/t12-/m0/s1. The summed E-state index contributed by atoms with van der Waals surface area (Å²) in [5, 5.41) is 7.79. The highest BCUT2D eigenvalue weighted by Gasteiger charge is 2.24. The Morgan fingerprint density at radius 2 is 2.07 bits per heavy atom. The van der Waals surface area contributed by atoms with Crippen molar-refractivity contribution in [3.63, 3.8) is 0 Å². The Morgan fingerprint density at radius 3 is 2.90 bits per heavy atom. The molecule has 0 amide bonds. The SMILES string of the molecule is C[C@H]1CN(c2nc(NCc3nc4ccccc4[nH]3)n3ncc(Br)c3n2)CCN1C. The second-order valence-electron chi connectivity index (χ2n) is 7.40. The Bertz CT molecular complexity index is 1130. The lowest BCUT2D eigenvalue weighted by Crippen LogP contribution is -2.50. The van der Waals surface area contributed by atoms with Crippen molar-refractivity contribution in [1.29, 1.82) is 0 Å². The predicted molar refractivity (Wildman–Crippen MR) is 116 cm³/mol. The van der Waals surface area contributed by atoms with Crippen LogP contribution in [-0.2, 0) is 6.54 Å². The van der Waals surface area contributed by atoms with Gasteiger partial charge in [-0.2, -0.15) is 19.6 Å². The van der Waals surface area contributed by atoms with E-state index in [-0.39, 0.29) is 0 Å². The van der Waals surface area contributed by atoms with Crippen molar-refractivity contribution in [2.75, 3.05) is 36.9 Å². The van der Waals surface area contributed by atoms with Crippen molar-refractivity contribution in [3.8, 4) is 0 Å². The van der Waals surface area contributed by atoms with Gasteiger partial charge in [0.15, 0.2) is 5.65 Å². The Morgan fingerprint density at radius 1 is 1.21 bits per heavy atom. The molecule has 1 aromatic carbocycles. The molecule has 0 radical (unpaired) electrons. The fourth-order valence-corrected chi connectivity index (χ4v) is 3.93. The van der Waals surface area contributed by atoms with E-state index >= 15 is 0 Å². The molecule has 4 heterocycles. The number of anilines is 2. The summed E-state index contributed by atoms with van der Waals surface area (Å²) in [6.45, 7) is 5.50. The summed E-state index contributed by atoms with van der Waals surface area (Å²) in [6.07, 6.45) is 1.74. The number of rotatable bonds is 4. The smallest absolute Gasteiger partial charge is 0.230 e. The van der Waals surface area contributed by atoms with Crippen LogP contribution >= 0.6 is 15.9 Å². The highest BCUT2D eigenvalue weighted by molar-refractivity contribution is 9.10. The van der Waals surface area contributed by atoms with E-state index in [1.165, 1.54) is 0 Å². The van der Waals surface area contributed by atoms with E-state index in [9.17, 15) is 0 Å². The maximum absolute atomic E-state index is 4.79. The van der Waals surface area contributed by atoms with E-state index in [2.05, 4.69) is 60.1 Å². The van der Waals surface area contributed by atoms with Gasteiger partial charge in [0.1, 0.15) is 5.82 Å². The zero-order valence-corrected chi connectivity index (χ0v) is 17.9. The number of benzene rings is 1. The molecule has 0 bridgehead atoms. The Hall–Kier alpha value is -2.72. The van der Waals surface area contributed by atoms with E-state index < -0.39 is 0 Å². The van der Waals surface area contributed by atoms with E-state index in [4.69, 9.17) is 9.97 Å². The van der Waals surface area contributed by atoms with Crippen LogP contribution in [0, 0.1) is 0 Å². The minimum atomic E-state index is 0.448. The zero-order chi connectivity index (χ0) is 20.0. The first-order valence-electron chi connectivity index (χ1n) is 9.62. The topological polar surface area (TPSA) is 90.3 Å². The van der Waals surface area contributed by atoms with Crippen molar-refractivity contribution in [3.05, 3.63) is 40.8 Å². The van der Waals surface area contributed by atoms with Crippen LogP contribution in [0.5, 0.6) is 0 Å². The molecule has 4 aromatic rings. The molecular formula is C19H22BrN9. The number of piperazine rings is 1. The third-order valence-corrected chi connectivity index (χ3v) is 5.97. The quantitative estimate of drug-likeness (QED) is 0.488. The normalized spacial score (nSPS) is 18.0. The van der Waals surface area contributed by atoms with E-state index in [1.54, 1.807) is 10.7 Å². The average molecular weight is 456 g/mol. The molecule has 0 aliphatic carbocycles. The molecule has 1 aliphatic rings. The zero-order valence-electron chi connectivity index (χ0n) is 16.3. The molecule has 150 valence electrons. The molecule has 1 fully saturated rings. The Labute approximate surface area is 176 Å². The molecule has 29 heavy (non-hydrogen) atoms. The third kappa shape index (κ3) is 3.42. The number of fused-ring (bicyclic) bond motifs is 2. The molecule has 1 atom stereocenters. The summed E-state index contributed by atoms with van der Waals surface area (Å²) in [7, 11) is 2.15. The molecule has 1 saturated heterocycles. The number of likely N-dealkylation sites (N-methyl/N-ethyl adjacent to an activating group) is 1. The average Bonchev–Trinajstić information content (AvgIpc) is 3.31. The molecule has 0 unspecified atom stereocenters. The van der Waals surface area contributed by atoms with Crippen LogP contribution in [0.15, 0.2) is 34.9 Å². The number of hydrogen-bond donors (Lipinski definition) is 2. The van der Waals surface area contributed by atoms with Gasteiger partial charge in [-0.15, -0.1) is 0 Å². The number of nitrogens with one attached hydrogen (secondary N) is 2. The van der Waals surface area contributed by atoms with Crippen LogP contribution in [0.25, 0.3) is 16.7 Å². The van der Waals surface area contributed by atoms with Gasteiger partial charge in [-0.3, -0.25) is 0 Å². The first kappa shape index (κ1) is 18.3. The fourth-order valence-electron chi connectivity index (χ4n) is 3.58. The highest BCUT2D eigenvalue weighted by Crippen LogP contribution is 2.23. The van der Waals surface area contributed by atoms with Gasteiger partial charge in [0.25, 0.3) is 0 Å². The molecule has 9 nitrogen and oxygen atoms in total. The fraction of sp³-hybridized carbons (Fsp3) is 0.368. The maximum Gasteiger partial charge on any atom is 0.230 e. The van der Waals surface area contributed by atoms with Gasteiger partial charge < -0.3 is 20.1 Å². The summed E-state index contributed by atoms with van der Waals surface area (Å²) in [5.41, 5.74) is 2.71. The monoisotopic (exact) mass is 455 g/mol. The van der Waals surface area contributed by atoms with Crippen molar-refractivity contribution in [1.82, 2.24) is 34.4 Å². The van der Waals surface area contributed by atoms with Crippen molar-refractivity contribution in [2.24, 2.45) is 0 Å². The van der Waals surface area contributed by atoms with E-state index in [0.717, 1.165) is 46.6 Å².